The van der Waals surface area contributed by atoms with E-state index in [2.05, 4.69) is 63.7 Å². The predicted molar refractivity (Wildman–Crippen MR) is 116 cm³/mol. The van der Waals surface area contributed by atoms with Crippen molar-refractivity contribution in [3.05, 3.63) is 46.8 Å². The highest BCUT2D eigenvalue weighted by Gasteiger charge is 2.46. The zero-order valence-corrected chi connectivity index (χ0v) is 17.9. The standard InChI is InChI=1S/C23H31N5O2/c1-27(2)18-8-6-16(7-9-18)12-28-11-10-23(14-28)15-30-13-19-20(25-26-21(19)23)22(29)24-17-4-3-5-17/h6-9,17H,3-5,10-15H2,1-2H3,(H,24,29)(H,25,26)/t23-/m1/s1. The molecule has 160 valence electrons. The molecule has 2 fully saturated rings. The third kappa shape index (κ3) is 3.50. The quantitative estimate of drug-likeness (QED) is 0.794. The van der Waals surface area contributed by atoms with Crippen LogP contribution >= 0.6 is 0 Å². The number of amides is 1. The van der Waals surface area contributed by atoms with Crippen molar-refractivity contribution in [1.82, 2.24) is 20.4 Å². The first-order valence-electron chi connectivity index (χ1n) is 11.0. The van der Waals surface area contributed by atoms with Crippen LogP contribution in [0.1, 0.15) is 53.0 Å². The van der Waals surface area contributed by atoms with Crippen LogP contribution in [0.25, 0.3) is 0 Å². The van der Waals surface area contributed by atoms with Gasteiger partial charge in [0, 0.05) is 49.9 Å². The number of hydrogen-bond acceptors (Lipinski definition) is 5. The summed E-state index contributed by atoms with van der Waals surface area (Å²) in [7, 11) is 4.12. The summed E-state index contributed by atoms with van der Waals surface area (Å²) < 4.78 is 6.00. The van der Waals surface area contributed by atoms with Crippen LogP contribution in [0.3, 0.4) is 0 Å². The Bertz CT molecular complexity index is 918. The Kier molecular flexibility index (Phi) is 5.03. The van der Waals surface area contributed by atoms with Gasteiger partial charge in [0.25, 0.3) is 5.91 Å². The molecule has 30 heavy (non-hydrogen) atoms. The van der Waals surface area contributed by atoms with Crippen LogP contribution in [0.2, 0.25) is 0 Å². The number of aromatic amines is 1. The van der Waals surface area contributed by atoms with Crippen LogP contribution in [-0.2, 0) is 23.3 Å². The van der Waals surface area contributed by atoms with Crippen molar-refractivity contribution < 1.29 is 9.53 Å². The van der Waals surface area contributed by atoms with Gasteiger partial charge in [-0.2, -0.15) is 5.10 Å². The minimum atomic E-state index is -0.0981. The third-order valence-corrected chi connectivity index (χ3v) is 6.97. The van der Waals surface area contributed by atoms with Crippen molar-refractivity contribution in [3.63, 3.8) is 0 Å². The lowest BCUT2D eigenvalue weighted by Crippen LogP contribution is -2.41. The zero-order valence-electron chi connectivity index (χ0n) is 17.9. The summed E-state index contributed by atoms with van der Waals surface area (Å²) in [5.74, 6) is -0.0614. The Morgan fingerprint density at radius 2 is 2.13 bits per heavy atom. The van der Waals surface area contributed by atoms with Gasteiger partial charge in [-0.15, -0.1) is 0 Å². The smallest absolute Gasteiger partial charge is 0.272 e. The predicted octanol–water partition coefficient (Wildman–Crippen LogP) is 2.43. The number of carbonyl (C=O) groups is 1. The number of likely N-dealkylation sites (tertiary alicyclic amines) is 1. The fraction of sp³-hybridized carbons (Fsp3) is 0.565. The molecule has 1 amide bonds. The molecular weight excluding hydrogens is 378 g/mol. The number of fused-ring (bicyclic) bond motifs is 2. The van der Waals surface area contributed by atoms with Crippen molar-refractivity contribution in [2.24, 2.45) is 0 Å². The number of benzene rings is 1. The Morgan fingerprint density at radius 3 is 2.83 bits per heavy atom. The lowest BCUT2D eigenvalue weighted by molar-refractivity contribution is 0.0508. The maximum absolute atomic E-state index is 12.7. The van der Waals surface area contributed by atoms with Crippen molar-refractivity contribution in [1.29, 1.82) is 0 Å². The van der Waals surface area contributed by atoms with E-state index in [1.54, 1.807) is 0 Å². The summed E-state index contributed by atoms with van der Waals surface area (Å²) in [5.41, 5.74) is 5.02. The highest BCUT2D eigenvalue weighted by Crippen LogP contribution is 2.40. The summed E-state index contributed by atoms with van der Waals surface area (Å²) in [5, 5.41) is 10.8. The first kappa shape index (κ1) is 19.6. The van der Waals surface area contributed by atoms with Crippen LogP contribution in [0.4, 0.5) is 5.69 Å². The number of ether oxygens (including phenoxy) is 1. The molecule has 7 nitrogen and oxygen atoms in total. The van der Waals surface area contributed by atoms with E-state index in [0.717, 1.165) is 50.2 Å². The number of anilines is 1. The van der Waals surface area contributed by atoms with E-state index in [1.807, 2.05) is 0 Å². The number of aromatic nitrogens is 2. The summed E-state index contributed by atoms with van der Waals surface area (Å²) in [6, 6.07) is 9.07. The Balaban J connectivity index is 1.30. The normalized spacial score (nSPS) is 23.9. The van der Waals surface area contributed by atoms with Crippen molar-refractivity contribution in [2.45, 2.75) is 50.3 Å². The first-order chi connectivity index (χ1) is 14.5. The van der Waals surface area contributed by atoms with Gasteiger partial charge >= 0.3 is 0 Å². The molecule has 3 heterocycles. The molecule has 2 aliphatic heterocycles. The van der Waals surface area contributed by atoms with Crippen LogP contribution in [0.5, 0.6) is 0 Å². The van der Waals surface area contributed by atoms with Gasteiger partial charge in [0.05, 0.1) is 18.9 Å². The minimum absolute atomic E-state index is 0.0614. The second-order valence-electron chi connectivity index (χ2n) is 9.32. The monoisotopic (exact) mass is 409 g/mol. The van der Waals surface area contributed by atoms with Crippen molar-refractivity contribution in [3.8, 4) is 0 Å². The van der Waals surface area contributed by atoms with E-state index in [1.165, 1.54) is 17.7 Å². The highest BCUT2D eigenvalue weighted by atomic mass is 16.5. The van der Waals surface area contributed by atoms with Crippen LogP contribution in [0, 0.1) is 0 Å². The molecule has 1 saturated heterocycles. The van der Waals surface area contributed by atoms with E-state index < -0.39 is 0 Å². The topological polar surface area (TPSA) is 73.5 Å². The summed E-state index contributed by atoms with van der Waals surface area (Å²) in [6.07, 6.45) is 4.36. The number of rotatable bonds is 5. The molecule has 1 aromatic heterocycles. The van der Waals surface area contributed by atoms with Crippen LogP contribution < -0.4 is 10.2 Å². The number of nitrogens with zero attached hydrogens (tertiary/aromatic N) is 3. The summed E-state index contributed by atoms with van der Waals surface area (Å²) in [6.45, 7) is 4.01. The lowest BCUT2D eigenvalue weighted by atomic mass is 9.80. The van der Waals surface area contributed by atoms with Gasteiger partial charge in [-0.05, 0) is 49.9 Å². The van der Waals surface area contributed by atoms with E-state index in [0.29, 0.717) is 24.9 Å². The molecule has 1 spiro atoms. The summed E-state index contributed by atoms with van der Waals surface area (Å²) in [4.78, 5) is 17.3. The molecule has 0 bridgehead atoms. The van der Waals surface area contributed by atoms with Crippen molar-refractivity contribution in [2.75, 3.05) is 38.7 Å². The fourth-order valence-electron chi connectivity index (χ4n) is 4.93. The number of hydrogen-bond donors (Lipinski definition) is 2. The van der Waals surface area contributed by atoms with Crippen molar-refractivity contribution >= 4 is 11.6 Å². The van der Waals surface area contributed by atoms with Gasteiger partial charge in [-0.3, -0.25) is 14.8 Å². The largest absolute Gasteiger partial charge is 0.378 e. The molecule has 2 N–H and O–H groups in total. The van der Waals surface area contributed by atoms with Gasteiger partial charge < -0.3 is 15.0 Å². The molecule has 1 aromatic carbocycles. The minimum Gasteiger partial charge on any atom is -0.378 e. The van der Waals surface area contributed by atoms with E-state index in [9.17, 15) is 4.79 Å². The lowest BCUT2D eigenvalue weighted by Gasteiger charge is -2.33. The average Bonchev–Trinajstić information content (AvgIpc) is 3.31. The average molecular weight is 410 g/mol. The number of H-pyrrole nitrogens is 1. The number of nitrogens with one attached hydrogen (secondary N) is 2. The molecule has 1 aliphatic carbocycles. The Labute approximate surface area is 177 Å². The molecule has 1 saturated carbocycles. The molecular formula is C23H31N5O2. The van der Waals surface area contributed by atoms with Gasteiger partial charge in [0.2, 0.25) is 0 Å². The van der Waals surface area contributed by atoms with Gasteiger partial charge in [-0.1, -0.05) is 12.1 Å². The van der Waals surface area contributed by atoms with Gasteiger partial charge in [0.15, 0.2) is 5.69 Å². The molecule has 1 atom stereocenters. The maximum Gasteiger partial charge on any atom is 0.272 e. The maximum atomic E-state index is 12.7. The van der Waals surface area contributed by atoms with Crippen LogP contribution in [-0.4, -0.2) is 60.8 Å². The fourth-order valence-corrected chi connectivity index (χ4v) is 4.93. The molecule has 3 aliphatic rings. The third-order valence-electron chi connectivity index (χ3n) is 6.97. The number of carbonyl (C=O) groups excluding carboxylic acids is 1. The summed E-state index contributed by atoms with van der Waals surface area (Å²) >= 11 is 0. The molecule has 7 heteroatoms. The second-order valence-corrected chi connectivity index (χ2v) is 9.32. The Hall–Kier alpha value is -2.38. The molecule has 2 aromatic rings. The van der Waals surface area contributed by atoms with Gasteiger partial charge in [-0.25, -0.2) is 0 Å². The van der Waals surface area contributed by atoms with E-state index in [4.69, 9.17) is 4.74 Å². The first-order valence-corrected chi connectivity index (χ1v) is 11.0. The second kappa shape index (κ2) is 7.71. The Morgan fingerprint density at radius 1 is 1.33 bits per heavy atom. The van der Waals surface area contributed by atoms with E-state index >= 15 is 0 Å². The molecule has 0 unspecified atom stereocenters. The molecule has 0 radical (unpaired) electrons. The highest BCUT2D eigenvalue weighted by molar-refractivity contribution is 5.94. The van der Waals surface area contributed by atoms with Gasteiger partial charge in [0.1, 0.15) is 0 Å². The molecule has 5 rings (SSSR count). The van der Waals surface area contributed by atoms with Crippen LogP contribution in [0.15, 0.2) is 24.3 Å². The zero-order chi connectivity index (χ0) is 20.7. The van der Waals surface area contributed by atoms with E-state index in [-0.39, 0.29) is 11.3 Å². The SMILES string of the molecule is CN(C)c1ccc(CN2CC[C@]3(COCc4c(C(=O)NC5CCC5)n[nH]c43)C2)cc1.